The van der Waals surface area contributed by atoms with Crippen molar-refractivity contribution in [1.82, 2.24) is 9.97 Å². The van der Waals surface area contributed by atoms with Gasteiger partial charge in [-0.3, -0.25) is 4.21 Å². The summed E-state index contributed by atoms with van der Waals surface area (Å²) in [5.74, 6) is 2.66. The van der Waals surface area contributed by atoms with Crippen LogP contribution in [-0.4, -0.2) is 39.8 Å². The van der Waals surface area contributed by atoms with Crippen molar-refractivity contribution in [2.75, 3.05) is 31.0 Å². The molecule has 0 aromatic carbocycles. The molecule has 0 spiro atoms. The second kappa shape index (κ2) is 6.42. The third-order valence-corrected chi connectivity index (χ3v) is 2.80. The normalized spacial score (nSPS) is 12.2. The summed E-state index contributed by atoms with van der Waals surface area (Å²) < 4.78 is 15.9. The number of hydrogen-bond donors (Lipinski definition) is 1. The minimum atomic E-state index is -0.731. The Morgan fingerprint density at radius 3 is 2.88 bits per heavy atom. The van der Waals surface area contributed by atoms with Gasteiger partial charge >= 0.3 is 0 Å². The van der Waals surface area contributed by atoms with Crippen LogP contribution in [0.1, 0.15) is 12.2 Å². The average molecular weight is 243 g/mol. The van der Waals surface area contributed by atoms with E-state index in [9.17, 15) is 4.21 Å². The van der Waals surface area contributed by atoms with Gasteiger partial charge in [-0.1, -0.05) is 0 Å². The van der Waals surface area contributed by atoms with Gasteiger partial charge in [0.25, 0.3) is 0 Å². The summed E-state index contributed by atoms with van der Waals surface area (Å²) in [5, 5.41) is 3.15. The molecule has 0 aliphatic carbocycles. The molecule has 0 aliphatic heterocycles. The van der Waals surface area contributed by atoms with Gasteiger partial charge in [-0.2, -0.15) is 4.98 Å². The van der Waals surface area contributed by atoms with E-state index in [1.165, 1.54) is 0 Å². The number of aromatic nitrogens is 2. The van der Waals surface area contributed by atoms with Gasteiger partial charge in [0.05, 0.1) is 7.11 Å². The zero-order valence-electron chi connectivity index (χ0n) is 9.82. The predicted molar refractivity (Wildman–Crippen MR) is 65.4 cm³/mol. The SMILES string of the molecule is COc1cc(NCCCS(C)=O)nc(C)n1. The smallest absolute Gasteiger partial charge is 0.218 e. The first-order valence-corrected chi connectivity index (χ1v) is 6.78. The van der Waals surface area contributed by atoms with Crippen LogP contribution in [0.25, 0.3) is 0 Å². The van der Waals surface area contributed by atoms with Gasteiger partial charge in [0.1, 0.15) is 11.6 Å². The molecule has 0 fully saturated rings. The molecule has 0 radical (unpaired) electrons. The van der Waals surface area contributed by atoms with Crippen LogP contribution in [0.5, 0.6) is 5.88 Å². The molecule has 0 bridgehead atoms. The lowest BCUT2D eigenvalue weighted by Gasteiger charge is -2.07. The molecule has 0 aliphatic rings. The quantitative estimate of drug-likeness (QED) is 0.754. The molecule has 1 atom stereocenters. The average Bonchev–Trinajstić information content (AvgIpc) is 2.23. The Labute approximate surface area is 98.1 Å². The van der Waals surface area contributed by atoms with Gasteiger partial charge in [-0.25, -0.2) is 4.98 Å². The molecular formula is C10H17N3O2S. The summed E-state index contributed by atoms with van der Waals surface area (Å²) in [6, 6.07) is 1.75. The van der Waals surface area contributed by atoms with E-state index in [1.54, 1.807) is 19.4 Å². The fourth-order valence-electron chi connectivity index (χ4n) is 1.23. The van der Waals surface area contributed by atoms with Crippen molar-refractivity contribution in [3.05, 3.63) is 11.9 Å². The van der Waals surface area contributed by atoms with Gasteiger partial charge in [0, 0.05) is 35.4 Å². The Balaban J connectivity index is 2.47. The van der Waals surface area contributed by atoms with Crippen molar-refractivity contribution in [2.24, 2.45) is 0 Å². The van der Waals surface area contributed by atoms with Gasteiger partial charge in [0.2, 0.25) is 5.88 Å². The van der Waals surface area contributed by atoms with Crippen molar-refractivity contribution in [3.8, 4) is 5.88 Å². The summed E-state index contributed by atoms with van der Waals surface area (Å²) >= 11 is 0. The molecule has 1 aromatic heterocycles. The molecular weight excluding hydrogens is 226 g/mol. The standard InChI is InChI=1S/C10H17N3O2S/c1-8-12-9(7-10(13-8)15-2)11-5-4-6-16(3)14/h7H,4-6H2,1-3H3,(H,11,12,13). The van der Waals surface area contributed by atoms with Crippen molar-refractivity contribution >= 4 is 16.6 Å². The highest BCUT2D eigenvalue weighted by Gasteiger charge is 2.01. The Morgan fingerprint density at radius 2 is 2.25 bits per heavy atom. The van der Waals surface area contributed by atoms with Crippen molar-refractivity contribution in [2.45, 2.75) is 13.3 Å². The zero-order valence-corrected chi connectivity index (χ0v) is 10.6. The van der Waals surface area contributed by atoms with E-state index >= 15 is 0 Å². The third-order valence-electron chi connectivity index (χ3n) is 1.94. The first-order valence-electron chi connectivity index (χ1n) is 5.05. The molecule has 1 unspecified atom stereocenters. The van der Waals surface area contributed by atoms with Crippen LogP contribution >= 0.6 is 0 Å². The maximum absolute atomic E-state index is 10.8. The fourth-order valence-corrected chi connectivity index (χ4v) is 1.78. The van der Waals surface area contributed by atoms with E-state index in [4.69, 9.17) is 4.74 Å². The van der Waals surface area contributed by atoms with Crippen LogP contribution in [-0.2, 0) is 10.8 Å². The lowest BCUT2D eigenvalue weighted by molar-refractivity contribution is 0.396. The highest BCUT2D eigenvalue weighted by Crippen LogP contribution is 2.12. The minimum absolute atomic E-state index is 0.550. The number of rotatable bonds is 6. The molecule has 0 saturated heterocycles. The van der Waals surface area contributed by atoms with Gasteiger partial charge in [0.15, 0.2) is 0 Å². The molecule has 5 nitrogen and oxygen atoms in total. The summed E-state index contributed by atoms with van der Waals surface area (Å²) in [6.45, 7) is 2.56. The van der Waals surface area contributed by atoms with E-state index in [0.717, 1.165) is 18.8 Å². The van der Waals surface area contributed by atoms with Crippen molar-refractivity contribution < 1.29 is 8.95 Å². The van der Waals surface area contributed by atoms with Crippen LogP contribution in [0.15, 0.2) is 6.07 Å². The number of anilines is 1. The maximum atomic E-state index is 10.8. The molecule has 1 rings (SSSR count). The van der Waals surface area contributed by atoms with Crippen LogP contribution in [0.4, 0.5) is 5.82 Å². The summed E-state index contributed by atoms with van der Waals surface area (Å²) in [7, 11) is 0.844. The lowest BCUT2D eigenvalue weighted by atomic mass is 10.4. The van der Waals surface area contributed by atoms with E-state index in [-0.39, 0.29) is 0 Å². The number of methoxy groups -OCH3 is 1. The monoisotopic (exact) mass is 243 g/mol. The number of nitrogens with one attached hydrogen (secondary N) is 1. The Hall–Kier alpha value is -1.17. The van der Waals surface area contributed by atoms with Crippen LogP contribution in [0.2, 0.25) is 0 Å². The number of nitrogens with zero attached hydrogens (tertiary/aromatic N) is 2. The van der Waals surface area contributed by atoms with Gasteiger partial charge in [-0.15, -0.1) is 0 Å². The first kappa shape index (κ1) is 12.9. The van der Waals surface area contributed by atoms with Crippen LogP contribution in [0.3, 0.4) is 0 Å². The van der Waals surface area contributed by atoms with E-state index < -0.39 is 10.8 Å². The van der Waals surface area contributed by atoms with E-state index in [2.05, 4.69) is 15.3 Å². The summed E-state index contributed by atoms with van der Waals surface area (Å²) in [4.78, 5) is 8.31. The summed E-state index contributed by atoms with van der Waals surface area (Å²) in [6.07, 6.45) is 2.56. The maximum Gasteiger partial charge on any atom is 0.218 e. The predicted octanol–water partition coefficient (Wildman–Crippen LogP) is 0.974. The second-order valence-corrected chi connectivity index (χ2v) is 4.96. The minimum Gasteiger partial charge on any atom is -0.481 e. The van der Waals surface area contributed by atoms with E-state index in [0.29, 0.717) is 17.5 Å². The molecule has 6 heteroatoms. The molecule has 0 saturated carbocycles. The highest BCUT2D eigenvalue weighted by atomic mass is 32.2. The molecule has 1 aromatic rings. The second-order valence-electron chi connectivity index (χ2n) is 3.40. The number of aryl methyl sites for hydroxylation is 1. The molecule has 1 N–H and O–H groups in total. The lowest BCUT2D eigenvalue weighted by Crippen LogP contribution is -2.08. The molecule has 90 valence electrons. The topological polar surface area (TPSA) is 64.1 Å². The zero-order chi connectivity index (χ0) is 12.0. The fraction of sp³-hybridized carbons (Fsp3) is 0.600. The van der Waals surface area contributed by atoms with Gasteiger partial charge in [-0.05, 0) is 13.3 Å². The van der Waals surface area contributed by atoms with Gasteiger partial charge < -0.3 is 10.1 Å². The number of ether oxygens (including phenoxy) is 1. The molecule has 0 amide bonds. The molecule has 1 heterocycles. The Morgan fingerprint density at radius 1 is 1.50 bits per heavy atom. The largest absolute Gasteiger partial charge is 0.481 e. The van der Waals surface area contributed by atoms with Crippen molar-refractivity contribution in [1.29, 1.82) is 0 Å². The summed E-state index contributed by atoms with van der Waals surface area (Å²) in [5.41, 5.74) is 0. The molecule has 16 heavy (non-hydrogen) atoms. The third kappa shape index (κ3) is 4.57. The first-order chi connectivity index (χ1) is 7.61. The van der Waals surface area contributed by atoms with Crippen molar-refractivity contribution in [3.63, 3.8) is 0 Å². The Kier molecular flexibility index (Phi) is 5.18. The van der Waals surface area contributed by atoms with Crippen LogP contribution in [0, 0.1) is 6.92 Å². The number of hydrogen-bond acceptors (Lipinski definition) is 5. The highest BCUT2D eigenvalue weighted by molar-refractivity contribution is 7.84. The van der Waals surface area contributed by atoms with E-state index in [1.807, 2.05) is 6.92 Å². The Bertz CT molecular complexity index is 371. The van der Waals surface area contributed by atoms with Crippen LogP contribution < -0.4 is 10.1 Å².